The zero-order valence-electron chi connectivity index (χ0n) is 22.4. The number of ketones is 1. The van der Waals surface area contributed by atoms with Crippen LogP contribution in [0.5, 0.6) is 0 Å². The summed E-state index contributed by atoms with van der Waals surface area (Å²) in [7, 11) is 0. The molecule has 0 aromatic heterocycles. The number of carbonyl (C=O) groups excluding carboxylic acids is 1. The van der Waals surface area contributed by atoms with Gasteiger partial charge in [-0.2, -0.15) is 0 Å². The zero-order chi connectivity index (χ0) is 25.1. The largest absolute Gasteiger partial charge is 0.481 e. The number of rotatable bonds is 1. The van der Waals surface area contributed by atoms with Gasteiger partial charge in [0.25, 0.3) is 0 Å². The van der Waals surface area contributed by atoms with Gasteiger partial charge in [-0.15, -0.1) is 0 Å². The molecule has 0 aromatic rings. The summed E-state index contributed by atoms with van der Waals surface area (Å²) in [6.45, 7) is 16.0. The number of allylic oxidation sites excluding steroid dienone is 2. The summed E-state index contributed by atoms with van der Waals surface area (Å²) >= 11 is 0. The number of fused-ring (bicyclic) bond motifs is 7. The van der Waals surface area contributed by atoms with Crippen LogP contribution in [0.25, 0.3) is 0 Å². The molecule has 0 amide bonds. The lowest BCUT2D eigenvalue weighted by Gasteiger charge is -2.70. The quantitative estimate of drug-likeness (QED) is 0.474. The van der Waals surface area contributed by atoms with Crippen molar-refractivity contribution in [2.45, 2.75) is 106 Å². The van der Waals surface area contributed by atoms with E-state index in [0.29, 0.717) is 24.2 Å². The van der Waals surface area contributed by atoms with Gasteiger partial charge in [0, 0.05) is 5.92 Å². The third-order valence-corrected chi connectivity index (χ3v) is 13.2. The minimum Gasteiger partial charge on any atom is -0.481 e. The highest BCUT2D eigenvalue weighted by molar-refractivity contribution is 5.96. The van der Waals surface area contributed by atoms with Crippen LogP contribution in [-0.4, -0.2) is 28.1 Å². The number of hydrogen-bond donors (Lipinski definition) is 2. The molecule has 5 rings (SSSR count). The van der Waals surface area contributed by atoms with Crippen LogP contribution < -0.4 is 0 Å². The van der Waals surface area contributed by atoms with E-state index in [4.69, 9.17) is 0 Å². The Labute approximate surface area is 206 Å². The van der Waals surface area contributed by atoms with Crippen LogP contribution >= 0.6 is 0 Å². The Hall–Kier alpha value is -1.16. The number of carbonyl (C=O) groups is 2. The molecule has 0 radical (unpaired) electrons. The molecule has 34 heavy (non-hydrogen) atoms. The monoisotopic (exact) mass is 470 g/mol. The first kappa shape index (κ1) is 24.5. The molecule has 0 unspecified atom stereocenters. The van der Waals surface area contributed by atoms with E-state index in [1.165, 1.54) is 24.8 Å². The van der Waals surface area contributed by atoms with E-state index in [1.54, 1.807) is 6.92 Å². The third kappa shape index (κ3) is 2.70. The molecule has 0 aromatic carbocycles. The second-order valence-corrected chi connectivity index (χ2v) is 14.4. The maximum absolute atomic E-state index is 14.2. The molecule has 0 spiro atoms. The first-order valence-corrected chi connectivity index (χ1v) is 13.8. The summed E-state index contributed by atoms with van der Waals surface area (Å²) in [5, 5.41) is 21.1. The van der Waals surface area contributed by atoms with E-state index in [0.717, 1.165) is 25.7 Å². The zero-order valence-corrected chi connectivity index (χ0v) is 22.4. The van der Waals surface area contributed by atoms with Gasteiger partial charge in [-0.05, 0) is 110 Å². The number of carboxylic acids is 1. The Kier molecular flexibility index (Phi) is 5.20. The average molecular weight is 471 g/mol. The summed E-state index contributed by atoms with van der Waals surface area (Å²) in [6.07, 6.45) is 8.89. The van der Waals surface area contributed by atoms with Crippen molar-refractivity contribution in [1.29, 1.82) is 0 Å². The van der Waals surface area contributed by atoms with Crippen molar-refractivity contribution in [1.82, 2.24) is 0 Å². The highest BCUT2D eigenvalue weighted by atomic mass is 16.4. The lowest BCUT2D eigenvalue weighted by Crippen LogP contribution is -2.68. The summed E-state index contributed by atoms with van der Waals surface area (Å²) in [4.78, 5) is 26.7. The number of aliphatic hydroxyl groups is 1. The molecule has 4 saturated carbocycles. The molecule has 2 N–H and O–H groups in total. The van der Waals surface area contributed by atoms with Crippen LogP contribution in [0.15, 0.2) is 11.6 Å². The smallest absolute Gasteiger partial charge is 0.312 e. The summed E-state index contributed by atoms with van der Waals surface area (Å²) in [6, 6.07) is 0. The van der Waals surface area contributed by atoms with E-state index in [9.17, 15) is 19.8 Å². The molecule has 0 aliphatic heterocycles. The molecular formula is C30H46O4. The Bertz CT molecular complexity index is 953. The molecule has 4 heteroatoms. The van der Waals surface area contributed by atoms with Crippen molar-refractivity contribution in [3.63, 3.8) is 0 Å². The Morgan fingerprint density at radius 1 is 0.941 bits per heavy atom. The first-order valence-electron chi connectivity index (χ1n) is 13.8. The lowest BCUT2D eigenvalue weighted by atomic mass is 9.33. The summed E-state index contributed by atoms with van der Waals surface area (Å²) < 4.78 is 0. The van der Waals surface area contributed by atoms with Gasteiger partial charge in [-0.1, -0.05) is 47.1 Å². The van der Waals surface area contributed by atoms with Crippen LogP contribution in [0.2, 0.25) is 0 Å². The molecule has 0 bridgehead atoms. The normalized spacial score (nSPS) is 56.9. The summed E-state index contributed by atoms with van der Waals surface area (Å²) in [5.74, 6) is 0.656. The standard InChI is InChI=1S/C30H46O4/c1-17-8-11-26(3)14-15-28(5)19(23(26)18(17)2)16-20(31)24-27(4)12-10-22(32)30(7,25(33)34)21(27)9-13-29(24,28)6/h16-18,21-24,32H,8-15H2,1-7H3,(H,33,34)/t17-,18+,21-,22+,23+,24-,26-,27+,28-,29-,30-/m1/s1. The van der Waals surface area contributed by atoms with Gasteiger partial charge in [0.15, 0.2) is 5.78 Å². The second-order valence-electron chi connectivity index (χ2n) is 14.4. The van der Waals surface area contributed by atoms with E-state index in [2.05, 4.69) is 47.6 Å². The van der Waals surface area contributed by atoms with Gasteiger partial charge in [0.2, 0.25) is 0 Å². The molecule has 5 aliphatic carbocycles. The molecule has 11 atom stereocenters. The topological polar surface area (TPSA) is 74.6 Å². The molecular weight excluding hydrogens is 424 g/mol. The minimum absolute atomic E-state index is 0.0370. The highest BCUT2D eigenvalue weighted by Gasteiger charge is 2.71. The third-order valence-electron chi connectivity index (χ3n) is 13.2. The van der Waals surface area contributed by atoms with Crippen molar-refractivity contribution >= 4 is 11.8 Å². The number of aliphatic carboxylic acids is 1. The number of aliphatic hydroxyl groups excluding tert-OH is 1. The van der Waals surface area contributed by atoms with Crippen molar-refractivity contribution < 1.29 is 19.8 Å². The maximum Gasteiger partial charge on any atom is 0.312 e. The molecule has 0 saturated heterocycles. The predicted octanol–water partition coefficient (Wildman–Crippen LogP) is 6.27. The van der Waals surface area contributed by atoms with Crippen LogP contribution in [0.4, 0.5) is 0 Å². The maximum atomic E-state index is 14.2. The Morgan fingerprint density at radius 3 is 2.26 bits per heavy atom. The number of carboxylic acid groups (broad SMARTS) is 1. The average Bonchev–Trinajstić information content (AvgIpc) is 2.75. The minimum atomic E-state index is -1.20. The molecule has 5 aliphatic rings. The van der Waals surface area contributed by atoms with Gasteiger partial charge < -0.3 is 10.2 Å². The van der Waals surface area contributed by atoms with Crippen molar-refractivity contribution in [2.75, 3.05) is 0 Å². The first-order chi connectivity index (χ1) is 15.7. The van der Waals surface area contributed by atoms with Gasteiger partial charge in [0.05, 0.1) is 11.5 Å². The summed E-state index contributed by atoms with van der Waals surface area (Å²) in [5.41, 5.74) is -0.124. The second kappa shape index (κ2) is 7.20. The fourth-order valence-corrected chi connectivity index (χ4v) is 10.7. The van der Waals surface area contributed by atoms with Crippen LogP contribution in [0.1, 0.15) is 99.8 Å². The number of hydrogen-bond acceptors (Lipinski definition) is 3. The van der Waals surface area contributed by atoms with E-state index >= 15 is 0 Å². The van der Waals surface area contributed by atoms with Crippen molar-refractivity contribution in [2.24, 2.45) is 56.7 Å². The SMILES string of the molecule is C[C@H]1[C@H](C)CC[C@]2(C)CC[C@]3(C)C(=CC(=O)[C@@H]4[C@@]5(C)CC[C@H](O)[C@](C)(C(=O)O)[C@@H]5CC[C@]43C)[C@H]12. The highest BCUT2D eigenvalue weighted by Crippen LogP contribution is 2.75. The Balaban J connectivity index is 1.65. The molecule has 190 valence electrons. The fraction of sp³-hybridized carbons (Fsp3) is 0.867. The van der Waals surface area contributed by atoms with Gasteiger partial charge in [-0.25, -0.2) is 0 Å². The van der Waals surface area contributed by atoms with Gasteiger partial charge in [-0.3, -0.25) is 9.59 Å². The van der Waals surface area contributed by atoms with Crippen LogP contribution in [-0.2, 0) is 9.59 Å². The van der Waals surface area contributed by atoms with E-state index in [-0.39, 0.29) is 33.9 Å². The molecule has 4 fully saturated rings. The van der Waals surface area contributed by atoms with Crippen LogP contribution in [0, 0.1) is 56.7 Å². The van der Waals surface area contributed by atoms with Gasteiger partial charge in [0.1, 0.15) is 0 Å². The predicted molar refractivity (Wildman–Crippen MR) is 133 cm³/mol. The Morgan fingerprint density at radius 2 is 1.62 bits per heavy atom. The van der Waals surface area contributed by atoms with E-state index < -0.39 is 22.9 Å². The molecule has 4 nitrogen and oxygen atoms in total. The fourth-order valence-electron chi connectivity index (χ4n) is 10.7. The van der Waals surface area contributed by atoms with Crippen molar-refractivity contribution in [3.8, 4) is 0 Å². The van der Waals surface area contributed by atoms with Gasteiger partial charge >= 0.3 is 5.97 Å². The van der Waals surface area contributed by atoms with Crippen molar-refractivity contribution in [3.05, 3.63) is 11.6 Å². The lowest BCUT2D eigenvalue weighted by molar-refractivity contribution is -0.215. The van der Waals surface area contributed by atoms with Crippen LogP contribution in [0.3, 0.4) is 0 Å². The van der Waals surface area contributed by atoms with E-state index in [1.807, 2.05) is 0 Å². The molecule has 0 heterocycles.